The highest BCUT2D eigenvalue weighted by Crippen LogP contribution is 2.30. The summed E-state index contributed by atoms with van der Waals surface area (Å²) >= 11 is 0. The molecule has 1 saturated heterocycles. The first-order valence-corrected chi connectivity index (χ1v) is 8.99. The van der Waals surface area contributed by atoms with Crippen LogP contribution in [0.2, 0.25) is 0 Å². The minimum atomic E-state index is -1.31. The maximum absolute atomic E-state index is 12.9. The third kappa shape index (κ3) is 3.79. The van der Waals surface area contributed by atoms with Gasteiger partial charge in [0.2, 0.25) is 5.91 Å². The number of nitrogens with one attached hydrogen (secondary N) is 2. The van der Waals surface area contributed by atoms with Crippen LogP contribution < -0.4 is 15.4 Å². The van der Waals surface area contributed by atoms with E-state index in [1.807, 2.05) is 19.1 Å². The van der Waals surface area contributed by atoms with E-state index in [-0.39, 0.29) is 17.1 Å². The Hall–Kier alpha value is -3.95. The number of methoxy groups -OCH3 is 1. The molecule has 1 fully saturated rings. The minimum absolute atomic E-state index is 0.0702. The van der Waals surface area contributed by atoms with Gasteiger partial charge in [-0.05, 0) is 31.5 Å². The standard InChI is InChI=1S/C20H20N4O6/c1-12-4-6-13(7-5-12)20(2)18(26)23(19(27)22-20)11-17(25)21-15-9-8-14(30-3)10-16(15)24(28)29/h4-10H,11H2,1-3H3,(H,21,25)(H,22,27)/t20-/m1/s1. The van der Waals surface area contributed by atoms with Gasteiger partial charge in [0, 0.05) is 0 Å². The number of benzene rings is 2. The van der Waals surface area contributed by atoms with Crippen molar-refractivity contribution in [2.75, 3.05) is 19.0 Å². The Kier molecular flexibility index (Phi) is 5.41. The van der Waals surface area contributed by atoms with Crippen LogP contribution in [0.25, 0.3) is 0 Å². The molecular formula is C20H20N4O6. The molecule has 3 rings (SSSR count). The van der Waals surface area contributed by atoms with Crippen molar-refractivity contribution in [1.82, 2.24) is 10.2 Å². The number of imide groups is 1. The van der Waals surface area contributed by atoms with Gasteiger partial charge in [0.05, 0.1) is 18.1 Å². The van der Waals surface area contributed by atoms with E-state index in [1.165, 1.54) is 19.2 Å². The molecule has 30 heavy (non-hydrogen) atoms. The van der Waals surface area contributed by atoms with Crippen molar-refractivity contribution in [2.45, 2.75) is 19.4 Å². The van der Waals surface area contributed by atoms with Crippen LogP contribution >= 0.6 is 0 Å². The van der Waals surface area contributed by atoms with Gasteiger partial charge in [0.25, 0.3) is 11.6 Å². The lowest BCUT2D eigenvalue weighted by Gasteiger charge is -2.22. The number of hydrogen-bond donors (Lipinski definition) is 2. The smallest absolute Gasteiger partial charge is 0.325 e. The zero-order valence-electron chi connectivity index (χ0n) is 16.6. The van der Waals surface area contributed by atoms with E-state index in [1.54, 1.807) is 19.1 Å². The zero-order chi connectivity index (χ0) is 22.1. The Morgan fingerprint density at radius 1 is 1.23 bits per heavy atom. The maximum Gasteiger partial charge on any atom is 0.325 e. The number of hydrogen-bond acceptors (Lipinski definition) is 6. The highest BCUT2D eigenvalue weighted by atomic mass is 16.6. The van der Waals surface area contributed by atoms with Gasteiger partial charge in [-0.3, -0.25) is 24.6 Å². The second kappa shape index (κ2) is 7.82. The number of amides is 4. The Labute approximate surface area is 172 Å². The normalized spacial score (nSPS) is 18.2. The van der Waals surface area contributed by atoms with Crippen molar-refractivity contribution in [3.8, 4) is 5.75 Å². The largest absolute Gasteiger partial charge is 0.496 e. The predicted octanol–water partition coefficient (Wildman–Crippen LogP) is 2.32. The summed E-state index contributed by atoms with van der Waals surface area (Å²) in [4.78, 5) is 49.1. The summed E-state index contributed by atoms with van der Waals surface area (Å²) in [5, 5.41) is 16.2. The number of rotatable bonds is 6. The van der Waals surface area contributed by atoms with Gasteiger partial charge in [-0.2, -0.15) is 0 Å². The molecule has 0 spiro atoms. The van der Waals surface area contributed by atoms with E-state index in [0.717, 1.165) is 16.5 Å². The van der Waals surface area contributed by atoms with Crippen LogP contribution in [0, 0.1) is 17.0 Å². The lowest BCUT2D eigenvalue weighted by atomic mass is 9.91. The fraction of sp³-hybridized carbons (Fsp3) is 0.250. The van der Waals surface area contributed by atoms with Crippen molar-refractivity contribution in [1.29, 1.82) is 0 Å². The predicted molar refractivity (Wildman–Crippen MR) is 107 cm³/mol. The molecule has 4 amide bonds. The molecular weight excluding hydrogens is 392 g/mol. The molecule has 1 atom stereocenters. The van der Waals surface area contributed by atoms with Gasteiger partial charge >= 0.3 is 6.03 Å². The molecule has 1 aliphatic rings. The van der Waals surface area contributed by atoms with Crippen molar-refractivity contribution >= 4 is 29.2 Å². The molecule has 0 unspecified atom stereocenters. The highest BCUT2D eigenvalue weighted by molar-refractivity contribution is 6.10. The number of carbonyl (C=O) groups is 3. The van der Waals surface area contributed by atoms with Crippen LogP contribution in [0.1, 0.15) is 18.1 Å². The summed E-state index contributed by atoms with van der Waals surface area (Å²) in [6.45, 7) is 2.87. The first-order chi connectivity index (χ1) is 14.2. The van der Waals surface area contributed by atoms with E-state index < -0.39 is 34.9 Å². The van der Waals surface area contributed by atoms with Gasteiger partial charge in [0.1, 0.15) is 23.5 Å². The molecule has 2 aromatic carbocycles. The van der Waals surface area contributed by atoms with Crippen molar-refractivity contribution < 1.29 is 24.0 Å². The summed E-state index contributed by atoms with van der Waals surface area (Å²) < 4.78 is 4.95. The van der Waals surface area contributed by atoms with Gasteiger partial charge in [-0.15, -0.1) is 0 Å². The van der Waals surface area contributed by atoms with Crippen LogP contribution in [0.15, 0.2) is 42.5 Å². The molecule has 156 valence electrons. The molecule has 0 radical (unpaired) electrons. The van der Waals surface area contributed by atoms with E-state index in [4.69, 9.17) is 4.74 Å². The molecule has 0 saturated carbocycles. The number of nitro benzene ring substituents is 1. The first-order valence-electron chi connectivity index (χ1n) is 8.99. The van der Waals surface area contributed by atoms with Crippen LogP contribution in [0.4, 0.5) is 16.2 Å². The van der Waals surface area contributed by atoms with Crippen LogP contribution in [-0.2, 0) is 15.1 Å². The number of urea groups is 1. The molecule has 0 bridgehead atoms. The fourth-order valence-electron chi connectivity index (χ4n) is 3.15. The average Bonchev–Trinajstić information content (AvgIpc) is 2.92. The lowest BCUT2D eigenvalue weighted by Crippen LogP contribution is -2.42. The molecule has 1 heterocycles. The van der Waals surface area contributed by atoms with Crippen molar-refractivity contribution in [3.05, 3.63) is 63.7 Å². The second-order valence-corrected chi connectivity index (χ2v) is 7.00. The molecule has 0 aromatic heterocycles. The van der Waals surface area contributed by atoms with Gasteiger partial charge < -0.3 is 15.4 Å². The van der Waals surface area contributed by atoms with E-state index in [9.17, 15) is 24.5 Å². The second-order valence-electron chi connectivity index (χ2n) is 7.00. The van der Waals surface area contributed by atoms with Crippen LogP contribution in [0.3, 0.4) is 0 Å². The third-order valence-electron chi connectivity index (χ3n) is 4.88. The Bertz CT molecular complexity index is 1040. The highest BCUT2D eigenvalue weighted by Gasteiger charge is 2.49. The monoisotopic (exact) mass is 412 g/mol. The Balaban J connectivity index is 1.77. The van der Waals surface area contributed by atoms with Crippen LogP contribution in [0.5, 0.6) is 5.75 Å². The lowest BCUT2D eigenvalue weighted by molar-refractivity contribution is -0.384. The average molecular weight is 412 g/mol. The van der Waals surface area contributed by atoms with Crippen molar-refractivity contribution in [3.63, 3.8) is 0 Å². The van der Waals surface area contributed by atoms with Gasteiger partial charge in [0.15, 0.2) is 0 Å². The van der Waals surface area contributed by atoms with Gasteiger partial charge in [-0.25, -0.2) is 4.79 Å². The molecule has 10 nitrogen and oxygen atoms in total. The Morgan fingerprint density at radius 3 is 2.50 bits per heavy atom. The molecule has 10 heteroatoms. The fourth-order valence-corrected chi connectivity index (χ4v) is 3.15. The molecule has 2 aromatic rings. The molecule has 1 aliphatic heterocycles. The summed E-state index contributed by atoms with van der Waals surface area (Å²) in [5.41, 5.74) is -0.169. The summed E-state index contributed by atoms with van der Waals surface area (Å²) in [6.07, 6.45) is 0. The topological polar surface area (TPSA) is 131 Å². The van der Waals surface area contributed by atoms with E-state index >= 15 is 0 Å². The van der Waals surface area contributed by atoms with E-state index in [0.29, 0.717) is 5.56 Å². The molecule has 0 aliphatic carbocycles. The van der Waals surface area contributed by atoms with Gasteiger partial charge in [-0.1, -0.05) is 29.8 Å². The number of anilines is 1. The number of carbonyl (C=O) groups excluding carboxylic acids is 3. The minimum Gasteiger partial charge on any atom is -0.496 e. The third-order valence-corrected chi connectivity index (χ3v) is 4.88. The SMILES string of the molecule is COc1ccc(NC(=O)CN2C(=O)N[C@](C)(c3ccc(C)cc3)C2=O)c([N+](=O)[O-])c1. The zero-order valence-corrected chi connectivity index (χ0v) is 16.6. The maximum atomic E-state index is 12.9. The van der Waals surface area contributed by atoms with E-state index in [2.05, 4.69) is 10.6 Å². The molecule has 2 N–H and O–H groups in total. The van der Waals surface area contributed by atoms with Crippen LogP contribution in [-0.4, -0.2) is 41.3 Å². The Morgan fingerprint density at radius 2 is 1.90 bits per heavy atom. The summed E-state index contributed by atoms with van der Waals surface area (Å²) in [7, 11) is 1.36. The summed E-state index contributed by atoms with van der Waals surface area (Å²) in [5.74, 6) is -1.08. The number of ether oxygens (including phenoxy) is 1. The van der Waals surface area contributed by atoms with Crippen molar-refractivity contribution in [2.24, 2.45) is 0 Å². The first kappa shape index (κ1) is 20.8. The number of nitro groups is 1. The number of nitrogens with zero attached hydrogens (tertiary/aromatic N) is 2. The quantitative estimate of drug-likeness (QED) is 0.425. The summed E-state index contributed by atoms with van der Waals surface area (Å²) in [6, 6.07) is 10.3. The number of aryl methyl sites for hydroxylation is 1.